The number of carbonyl (C=O) groups is 2. The lowest BCUT2D eigenvalue weighted by Gasteiger charge is -2.35. The number of rotatable bonds is 6. The monoisotopic (exact) mass is 431 g/mol. The number of amides is 3. The quantitative estimate of drug-likeness (QED) is 0.637. The van der Waals surface area contributed by atoms with Crippen LogP contribution in [0, 0.1) is 0 Å². The summed E-state index contributed by atoms with van der Waals surface area (Å²) in [6, 6.07) is -0.0248. The standard InChI is InChI=1S/C20H29N7O2S/c1-25(2)12-5-7-26(8-6-12)9-10-27-11-14-15(24-27)4-3-13-16(18(21)28)19(23-20(22)29)30-17(13)14/h11-12H,3-10H2,1-2H3,(H2,21,28)(H3,22,23,29). The fraction of sp³-hybridized carbons (Fsp3) is 0.550. The number of nitrogens with two attached hydrogens (primary N) is 2. The van der Waals surface area contributed by atoms with Gasteiger partial charge in [-0.1, -0.05) is 0 Å². The van der Waals surface area contributed by atoms with Crippen LogP contribution in [-0.4, -0.2) is 71.3 Å². The van der Waals surface area contributed by atoms with Crippen molar-refractivity contribution in [2.24, 2.45) is 11.5 Å². The van der Waals surface area contributed by atoms with Crippen LogP contribution in [0.25, 0.3) is 10.4 Å². The molecule has 0 bridgehead atoms. The number of nitrogens with zero attached hydrogens (tertiary/aromatic N) is 4. The van der Waals surface area contributed by atoms with Gasteiger partial charge in [0.25, 0.3) is 5.91 Å². The maximum atomic E-state index is 12.0. The number of fused-ring (bicyclic) bond motifs is 3. The summed E-state index contributed by atoms with van der Waals surface area (Å²) in [7, 11) is 4.31. The van der Waals surface area contributed by atoms with Crippen LogP contribution in [0.3, 0.4) is 0 Å². The molecule has 1 aliphatic heterocycles. The lowest BCUT2D eigenvalue weighted by Crippen LogP contribution is -2.42. The van der Waals surface area contributed by atoms with E-state index in [1.165, 1.54) is 24.2 Å². The third kappa shape index (κ3) is 4.07. The molecule has 5 N–H and O–H groups in total. The van der Waals surface area contributed by atoms with E-state index in [0.717, 1.165) is 54.3 Å². The van der Waals surface area contributed by atoms with E-state index in [4.69, 9.17) is 16.6 Å². The average molecular weight is 432 g/mol. The molecule has 3 heterocycles. The largest absolute Gasteiger partial charge is 0.365 e. The number of aryl methyl sites for hydroxylation is 1. The van der Waals surface area contributed by atoms with E-state index < -0.39 is 11.9 Å². The molecular formula is C20H29N7O2S. The second kappa shape index (κ2) is 8.37. The van der Waals surface area contributed by atoms with Gasteiger partial charge in [-0.25, -0.2) is 4.79 Å². The number of hydrogen-bond acceptors (Lipinski definition) is 6. The summed E-state index contributed by atoms with van der Waals surface area (Å²) in [5.41, 5.74) is 14.2. The van der Waals surface area contributed by atoms with Gasteiger partial charge in [0.2, 0.25) is 0 Å². The molecule has 30 heavy (non-hydrogen) atoms. The minimum atomic E-state index is -0.704. The highest BCUT2D eigenvalue weighted by atomic mass is 32.1. The normalized spacial score (nSPS) is 17.0. The highest BCUT2D eigenvalue weighted by molar-refractivity contribution is 7.20. The van der Waals surface area contributed by atoms with Gasteiger partial charge in [-0.3, -0.25) is 14.8 Å². The highest BCUT2D eigenvalue weighted by Gasteiger charge is 2.29. The Labute approximate surface area is 180 Å². The van der Waals surface area contributed by atoms with Crippen LogP contribution in [0.1, 0.15) is 34.5 Å². The Morgan fingerprint density at radius 3 is 2.60 bits per heavy atom. The molecule has 3 amide bonds. The van der Waals surface area contributed by atoms with E-state index in [9.17, 15) is 9.59 Å². The number of hydrogen-bond donors (Lipinski definition) is 3. The SMILES string of the molecule is CN(C)C1CCN(CCn2cc3c(n2)CCc2c-3sc(NC(N)=O)c2C(N)=O)CC1. The van der Waals surface area contributed by atoms with Gasteiger partial charge < -0.3 is 21.3 Å². The van der Waals surface area contributed by atoms with Crippen molar-refractivity contribution in [3.8, 4) is 10.4 Å². The number of primary amides is 2. The number of aromatic nitrogens is 2. The average Bonchev–Trinajstić information content (AvgIpc) is 3.26. The molecule has 9 nitrogen and oxygen atoms in total. The molecule has 1 aliphatic carbocycles. The number of anilines is 1. The zero-order chi connectivity index (χ0) is 21.4. The van der Waals surface area contributed by atoms with Crippen molar-refractivity contribution in [1.82, 2.24) is 19.6 Å². The van der Waals surface area contributed by atoms with Crippen molar-refractivity contribution in [2.45, 2.75) is 38.3 Å². The third-order valence-electron chi connectivity index (χ3n) is 6.12. The number of likely N-dealkylation sites (tertiary alicyclic amines) is 1. The van der Waals surface area contributed by atoms with Gasteiger partial charge in [-0.15, -0.1) is 11.3 Å². The summed E-state index contributed by atoms with van der Waals surface area (Å²) in [4.78, 5) is 29.1. The Kier molecular flexibility index (Phi) is 5.81. The fourth-order valence-electron chi connectivity index (χ4n) is 4.48. The smallest absolute Gasteiger partial charge is 0.317 e. The molecule has 1 saturated heterocycles. The molecule has 162 valence electrons. The molecular weight excluding hydrogens is 402 g/mol. The summed E-state index contributed by atoms with van der Waals surface area (Å²) in [5, 5.41) is 7.75. The summed E-state index contributed by atoms with van der Waals surface area (Å²) in [6.45, 7) is 4.03. The molecule has 2 aromatic rings. The van der Waals surface area contributed by atoms with Gasteiger partial charge in [0.05, 0.1) is 17.8 Å². The first-order valence-electron chi connectivity index (χ1n) is 10.3. The predicted octanol–water partition coefficient (Wildman–Crippen LogP) is 1.33. The molecule has 4 rings (SSSR count). The first-order chi connectivity index (χ1) is 14.3. The molecule has 0 unspecified atom stereocenters. The number of carbonyl (C=O) groups excluding carboxylic acids is 2. The zero-order valence-electron chi connectivity index (χ0n) is 17.5. The van der Waals surface area contributed by atoms with Crippen molar-refractivity contribution in [2.75, 3.05) is 39.0 Å². The molecule has 0 aromatic carbocycles. The van der Waals surface area contributed by atoms with Crippen LogP contribution in [0.4, 0.5) is 9.80 Å². The van der Waals surface area contributed by atoms with Crippen LogP contribution in [0.5, 0.6) is 0 Å². The summed E-state index contributed by atoms with van der Waals surface area (Å²) >= 11 is 1.34. The minimum absolute atomic E-state index is 0.371. The number of piperidine rings is 1. The van der Waals surface area contributed by atoms with Gasteiger partial charge in [0.1, 0.15) is 5.00 Å². The molecule has 0 atom stereocenters. The van der Waals surface area contributed by atoms with Crippen LogP contribution < -0.4 is 16.8 Å². The maximum absolute atomic E-state index is 12.0. The second-order valence-corrected chi connectivity index (χ2v) is 9.28. The molecule has 1 fully saturated rings. The molecule has 2 aromatic heterocycles. The van der Waals surface area contributed by atoms with Crippen molar-refractivity contribution >= 4 is 28.3 Å². The van der Waals surface area contributed by atoms with E-state index in [1.54, 1.807) is 0 Å². The molecule has 10 heteroatoms. The van der Waals surface area contributed by atoms with E-state index in [2.05, 4.69) is 35.4 Å². The molecule has 0 spiro atoms. The first-order valence-corrected chi connectivity index (χ1v) is 11.1. The molecule has 0 radical (unpaired) electrons. The van der Waals surface area contributed by atoms with Crippen LogP contribution in [0.15, 0.2) is 6.20 Å². The van der Waals surface area contributed by atoms with Gasteiger partial charge in [0.15, 0.2) is 0 Å². The topological polar surface area (TPSA) is 123 Å². The lowest BCUT2D eigenvalue weighted by molar-refractivity contribution is 0.100. The Morgan fingerprint density at radius 2 is 1.97 bits per heavy atom. The van der Waals surface area contributed by atoms with E-state index in [0.29, 0.717) is 23.0 Å². The Morgan fingerprint density at radius 1 is 1.23 bits per heavy atom. The van der Waals surface area contributed by atoms with Crippen LogP contribution in [-0.2, 0) is 19.4 Å². The van der Waals surface area contributed by atoms with Gasteiger partial charge >= 0.3 is 6.03 Å². The second-order valence-electron chi connectivity index (χ2n) is 8.26. The van der Waals surface area contributed by atoms with Crippen molar-refractivity contribution < 1.29 is 9.59 Å². The molecule has 0 saturated carbocycles. The number of thiophene rings is 1. The minimum Gasteiger partial charge on any atom is -0.365 e. The Bertz CT molecular complexity index is 957. The molecule has 2 aliphatic rings. The Hall–Kier alpha value is -2.43. The fourth-order valence-corrected chi connectivity index (χ4v) is 5.77. The Balaban J connectivity index is 1.49. The van der Waals surface area contributed by atoms with Gasteiger partial charge in [-0.05, 0) is 58.4 Å². The summed E-state index contributed by atoms with van der Waals surface area (Å²) in [5.74, 6) is -0.548. The predicted molar refractivity (Wildman–Crippen MR) is 118 cm³/mol. The van der Waals surface area contributed by atoms with E-state index in [-0.39, 0.29) is 0 Å². The van der Waals surface area contributed by atoms with Crippen LogP contribution >= 0.6 is 11.3 Å². The van der Waals surface area contributed by atoms with Gasteiger partial charge in [0, 0.05) is 29.2 Å². The van der Waals surface area contributed by atoms with Crippen LogP contribution in [0.2, 0.25) is 0 Å². The van der Waals surface area contributed by atoms with Gasteiger partial charge in [-0.2, -0.15) is 5.10 Å². The number of nitrogens with one attached hydrogen (secondary N) is 1. The first kappa shape index (κ1) is 20.8. The van der Waals surface area contributed by atoms with E-state index >= 15 is 0 Å². The zero-order valence-corrected chi connectivity index (χ0v) is 18.3. The number of urea groups is 1. The maximum Gasteiger partial charge on any atom is 0.317 e. The van der Waals surface area contributed by atoms with E-state index in [1.807, 2.05) is 4.68 Å². The summed E-state index contributed by atoms with van der Waals surface area (Å²) in [6.07, 6.45) is 5.87. The van der Waals surface area contributed by atoms with Crippen molar-refractivity contribution in [3.63, 3.8) is 0 Å². The lowest BCUT2D eigenvalue weighted by atomic mass is 9.94. The van der Waals surface area contributed by atoms with Crippen molar-refractivity contribution in [1.29, 1.82) is 0 Å². The summed E-state index contributed by atoms with van der Waals surface area (Å²) < 4.78 is 2.00. The van der Waals surface area contributed by atoms with Crippen molar-refractivity contribution in [3.05, 3.63) is 23.0 Å². The highest BCUT2D eigenvalue weighted by Crippen LogP contribution is 2.44. The third-order valence-corrected chi connectivity index (χ3v) is 7.30.